The van der Waals surface area contributed by atoms with Crippen LogP contribution in [0.1, 0.15) is 31.4 Å². The molecule has 0 saturated carbocycles. The van der Waals surface area contributed by atoms with Crippen molar-refractivity contribution in [3.63, 3.8) is 0 Å². The Kier molecular flexibility index (Phi) is 9.08. The number of amides is 1. The Morgan fingerprint density at radius 2 is 1.86 bits per heavy atom. The van der Waals surface area contributed by atoms with Gasteiger partial charge >= 0.3 is 0 Å². The fourth-order valence-electron chi connectivity index (χ4n) is 3.88. The maximum absolute atomic E-state index is 13.8. The number of carbonyl (C=O) groups excluding carboxylic acids is 1. The summed E-state index contributed by atoms with van der Waals surface area (Å²) in [5, 5.41) is 1.46. The lowest BCUT2D eigenvalue weighted by Gasteiger charge is -2.41. The minimum absolute atomic E-state index is 0. The van der Waals surface area contributed by atoms with Gasteiger partial charge in [0.25, 0.3) is 0 Å². The molecule has 1 saturated heterocycles. The van der Waals surface area contributed by atoms with Crippen molar-refractivity contribution in [2.75, 3.05) is 19.6 Å². The molecule has 158 valence electrons. The second-order valence-electron chi connectivity index (χ2n) is 7.58. The minimum Gasteiger partial charge on any atom is -0.303 e. The topological polar surface area (TPSA) is 32.8 Å². The summed E-state index contributed by atoms with van der Waals surface area (Å²) in [5.74, 6) is -0.158. The molecule has 0 aliphatic carbocycles. The van der Waals surface area contributed by atoms with Crippen molar-refractivity contribution in [1.29, 1.82) is 0 Å². The summed E-state index contributed by atoms with van der Waals surface area (Å²) in [5.41, 5.74) is 1.80. The minimum atomic E-state index is -0.310. The number of carbonyl (C=O) groups is 1. The van der Waals surface area contributed by atoms with Crippen LogP contribution in [0.5, 0.6) is 0 Å². The number of benzene rings is 2. The first-order valence-corrected chi connectivity index (χ1v) is 9.97. The number of halogens is 2. The van der Waals surface area contributed by atoms with Gasteiger partial charge in [-0.1, -0.05) is 55.5 Å². The van der Waals surface area contributed by atoms with Gasteiger partial charge in [0.05, 0.1) is 6.04 Å². The molecule has 0 aromatic heterocycles. The molecule has 0 radical (unpaired) electrons. The number of piperidine rings is 1. The zero-order valence-electron chi connectivity index (χ0n) is 17.1. The highest BCUT2D eigenvalue weighted by atomic mass is 35.5. The molecule has 2 aromatic rings. The number of nitrogens with zero attached hydrogens (tertiary/aromatic N) is 2. The largest absolute Gasteiger partial charge is 0.303 e. The summed E-state index contributed by atoms with van der Waals surface area (Å²) < 4.78 is 13.8. The molecular formula is C23H30ClFN2O2. The number of likely N-dealkylation sites (tertiary alicyclic amines) is 1. The van der Waals surface area contributed by atoms with E-state index in [0.717, 1.165) is 32.5 Å². The Labute approximate surface area is 179 Å². The molecule has 0 N–H and O–H groups in total. The van der Waals surface area contributed by atoms with Gasteiger partial charge in [0, 0.05) is 32.1 Å². The average Bonchev–Trinajstić information content (AvgIpc) is 2.69. The molecule has 0 bridgehead atoms. The molecule has 29 heavy (non-hydrogen) atoms. The van der Waals surface area contributed by atoms with E-state index in [1.54, 1.807) is 18.2 Å². The zero-order valence-corrected chi connectivity index (χ0v) is 17.9. The van der Waals surface area contributed by atoms with E-state index in [1.165, 1.54) is 23.6 Å². The van der Waals surface area contributed by atoms with E-state index in [9.17, 15) is 9.18 Å². The first-order valence-electron chi connectivity index (χ1n) is 9.97. The Morgan fingerprint density at radius 1 is 1.17 bits per heavy atom. The molecular weight excluding hydrogens is 391 g/mol. The summed E-state index contributed by atoms with van der Waals surface area (Å²) in [6, 6.07) is 17.0. The third kappa shape index (κ3) is 6.53. The predicted molar refractivity (Wildman–Crippen MR) is 115 cm³/mol. The van der Waals surface area contributed by atoms with Crippen molar-refractivity contribution < 1.29 is 14.0 Å². The zero-order chi connectivity index (χ0) is 19.9. The van der Waals surface area contributed by atoms with E-state index in [4.69, 9.17) is 4.84 Å². The van der Waals surface area contributed by atoms with Gasteiger partial charge in [0.15, 0.2) is 0 Å². The standard InChI is InChI=1S/C23H29FN2O2.ClH/c1-18-16-25(14-12-20-8-4-3-5-9-20)15-13-23(18)26(19(2)27)28-17-21-10-6-7-11-22(21)24;/h3-11,18,23H,12-17H2,1-2H3;1H/t18-,23?;/m0./s1. The lowest BCUT2D eigenvalue weighted by Crippen LogP contribution is -2.51. The quantitative estimate of drug-likeness (QED) is 0.619. The molecule has 4 nitrogen and oxygen atoms in total. The molecule has 1 aliphatic heterocycles. The molecule has 3 rings (SSSR count). The van der Waals surface area contributed by atoms with E-state index in [2.05, 4.69) is 36.1 Å². The molecule has 1 amide bonds. The van der Waals surface area contributed by atoms with E-state index in [0.29, 0.717) is 5.56 Å². The maximum Gasteiger partial charge on any atom is 0.243 e. The predicted octanol–water partition coefficient (Wildman–Crippen LogP) is 4.48. The number of hydroxylamine groups is 2. The highest BCUT2D eigenvalue weighted by molar-refractivity contribution is 5.85. The Hall–Kier alpha value is -1.95. The van der Waals surface area contributed by atoms with E-state index < -0.39 is 0 Å². The van der Waals surface area contributed by atoms with Gasteiger partial charge in [0.1, 0.15) is 12.4 Å². The first-order chi connectivity index (χ1) is 13.5. The smallest absolute Gasteiger partial charge is 0.243 e. The maximum atomic E-state index is 13.8. The molecule has 1 aliphatic rings. The van der Waals surface area contributed by atoms with Gasteiger partial charge in [-0.05, 0) is 30.4 Å². The highest BCUT2D eigenvalue weighted by Gasteiger charge is 2.33. The van der Waals surface area contributed by atoms with Crippen molar-refractivity contribution in [2.24, 2.45) is 5.92 Å². The van der Waals surface area contributed by atoms with Crippen LogP contribution in [0.3, 0.4) is 0 Å². The van der Waals surface area contributed by atoms with Crippen molar-refractivity contribution in [2.45, 2.75) is 39.3 Å². The van der Waals surface area contributed by atoms with Crippen LogP contribution in [0.2, 0.25) is 0 Å². The molecule has 1 fully saturated rings. The SMILES string of the molecule is CC(=O)N(OCc1ccccc1F)C1CCN(CCc2ccccc2)C[C@@H]1C.Cl. The van der Waals surface area contributed by atoms with Crippen LogP contribution < -0.4 is 0 Å². The van der Waals surface area contributed by atoms with Gasteiger partial charge in [-0.3, -0.25) is 9.63 Å². The second-order valence-corrected chi connectivity index (χ2v) is 7.58. The summed E-state index contributed by atoms with van der Waals surface area (Å²) in [6.45, 7) is 6.58. The van der Waals surface area contributed by atoms with Crippen molar-refractivity contribution in [3.05, 3.63) is 71.5 Å². The molecule has 2 atom stereocenters. The highest BCUT2D eigenvalue weighted by Crippen LogP contribution is 2.24. The van der Waals surface area contributed by atoms with Gasteiger partial charge < -0.3 is 4.90 Å². The van der Waals surface area contributed by atoms with E-state index in [-0.39, 0.29) is 42.7 Å². The van der Waals surface area contributed by atoms with Crippen LogP contribution >= 0.6 is 12.4 Å². The molecule has 0 spiro atoms. The Morgan fingerprint density at radius 3 is 2.52 bits per heavy atom. The van der Waals surface area contributed by atoms with Crippen molar-refractivity contribution in [3.8, 4) is 0 Å². The van der Waals surface area contributed by atoms with Gasteiger partial charge in [-0.25, -0.2) is 9.45 Å². The molecule has 2 aromatic carbocycles. The van der Waals surface area contributed by atoms with Gasteiger partial charge in [-0.15, -0.1) is 12.4 Å². The Bertz CT molecular complexity index is 774. The van der Waals surface area contributed by atoms with Crippen LogP contribution in [0.15, 0.2) is 54.6 Å². The third-order valence-corrected chi connectivity index (χ3v) is 5.43. The van der Waals surface area contributed by atoms with Gasteiger partial charge in [0.2, 0.25) is 5.91 Å². The molecule has 6 heteroatoms. The fraction of sp³-hybridized carbons (Fsp3) is 0.435. The summed E-state index contributed by atoms with van der Waals surface area (Å²) in [7, 11) is 0. The fourth-order valence-corrected chi connectivity index (χ4v) is 3.88. The lowest BCUT2D eigenvalue weighted by molar-refractivity contribution is -0.214. The molecule has 1 unspecified atom stereocenters. The van der Waals surface area contributed by atoms with Crippen LogP contribution in [0.25, 0.3) is 0 Å². The summed E-state index contributed by atoms with van der Waals surface area (Å²) in [4.78, 5) is 20.4. The number of rotatable bonds is 7. The third-order valence-electron chi connectivity index (χ3n) is 5.43. The van der Waals surface area contributed by atoms with E-state index >= 15 is 0 Å². The van der Waals surface area contributed by atoms with Crippen LogP contribution in [0.4, 0.5) is 4.39 Å². The lowest BCUT2D eigenvalue weighted by atomic mass is 9.93. The van der Waals surface area contributed by atoms with Crippen LogP contribution in [-0.4, -0.2) is 41.5 Å². The van der Waals surface area contributed by atoms with E-state index in [1.807, 2.05) is 6.07 Å². The van der Waals surface area contributed by atoms with Crippen molar-refractivity contribution >= 4 is 18.3 Å². The Balaban J connectivity index is 0.00000300. The van der Waals surface area contributed by atoms with Crippen LogP contribution in [-0.2, 0) is 22.7 Å². The van der Waals surface area contributed by atoms with Crippen molar-refractivity contribution in [1.82, 2.24) is 9.96 Å². The summed E-state index contributed by atoms with van der Waals surface area (Å²) in [6.07, 6.45) is 1.88. The number of hydrogen-bond acceptors (Lipinski definition) is 3. The average molecular weight is 421 g/mol. The first kappa shape index (κ1) is 23.3. The van der Waals surface area contributed by atoms with Crippen LogP contribution in [0, 0.1) is 11.7 Å². The molecule has 1 heterocycles. The monoisotopic (exact) mass is 420 g/mol. The second kappa shape index (κ2) is 11.3. The number of hydrogen-bond donors (Lipinski definition) is 0. The van der Waals surface area contributed by atoms with Gasteiger partial charge in [-0.2, -0.15) is 0 Å². The normalized spacial score (nSPS) is 19.4. The summed E-state index contributed by atoms with van der Waals surface area (Å²) >= 11 is 0.